The standard InChI is InChI=1S/C60H46N4/c1-3-48(62(49-22-8-4-9-23-49)50-24-10-5-11-25-50)30-20-42-61-55(43-47-21-16-18-32-58(47)61)36-34-45(2)46-35-41-60-57(44-46)56-31-17-19-33-59(56)64(60)54-39-37-53(38-40-54)63(51-26-12-6-13-27-51)52-28-14-7-15-29-52/h3-44H,1-2H2. The molecular formula is C60H46N4. The second-order valence-corrected chi connectivity index (χ2v) is 15.6. The lowest BCUT2D eigenvalue weighted by atomic mass is 10.0. The average molecular weight is 823 g/mol. The Balaban J connectivity index is 0.961. The molecule has 2 heterocycles. The molecule has 0 unspecified atom stereocenters. The minimum atomic E-state index is 0.931. The van der Waals surface area contributed by atoms with Gasteiger partial charge >= 0.3 is 0 Å². The van der Waals surface area contributed by atoms with Crippen molar-refractivity contribution in [3.8, 4) is 5.69 Å². The zero-order chi connectivity index (χ0) is 43.2. The van der Waals surface area contributed by atoms with Gasteiger partial charge in [-0.3, -0.25) is 0 Å². The van der Waals surface area contributed by atoms with Gasteiger partial charge in [0.2, 0.25) is 0 Å². The minimum absolute atomic E-state index is 0.931. The molecule has 0 aliphatic heterocycles. The van der Waals surface area contributed by atoms with Crippen LogP contribution in [0.15, 0.2) is 262 Å². The fourth-order valence-electron chi connectivity index (χ4n) is 8.64. The normalized spacial score (nSPS) is 11.8. The Labute approximate surface area is 374 Å². The molecule has 0 spiro atoms. The van der Waals surface area contributed by atoms with E-state index in [1.54, 1.807) is 0 Å². The fraction of sp³-hybridized carbons (Fsp3) is 0. The lowest BCUT2D eigenvalue weighted by Crippen LogP contribution is -2.14. The van der Waals surface area contributed by atoms with Gasteiger partial charge in [-0.2, -0.15) is 0 Å². The molecule has 0 saturated carbocycles. The third-order valence-corrected chi connectivity index (χ3v) is 11.7. The van der Waals surface area contributed by atoms with Crippen LogP contribution in [0.25, 0.3) is 56.2 Å². The highest BCUT2D eigenvalue weighted by Gasteiger charge is 2.16. The summed E-state index contributed by atoms with van der Waals surface area (Å²) in [4.78, 5) is 4.51. The quantitative estimate of drug-likeness (QED) is 0.108. The van der Waals surface area contributed by atoms with Crippen molar-refractivity contribution in [1.29, 1.82) is 0 Å². The number of allylic oxidation sites excluding steroid dienone is 5. The van der Waals surface area contributed by atoms with Crippen LogP contribution in [-0.2, 0) is 0 Å². The molecule has 2 aromatic heterocycles. The lowest BCUT2D eigenvalue weighted by Gasteiger charge is -2.26. The Bertz CT molecular complexity index is 3260. The third-order valence-electron chi connectivity index (χ3n) is 11.7. The van der Waals surface area contributed by atoms with Crippen LogP contribution in [0.1, 0.15) is 11.3 Å². The predicted octanol–water partition coefficient (Wildman–Crippen LogP) is 16.3. The Morgan fingerprint density at radius 2 is 1.02 bits per heavy atom. The number of aromatic nitrogens is 2. The first-order valence-corrected chi connectivity index (χ1v) is 21.6. The van der Waals surface area contributed by atoms with E-state index in [0.29, 0.717) is 0 Å². The molecule has 0 N–H and O–H groups in total. The zero-order valence-corrected chi connectivity index (χ0v) is 35.5. The summed E-state index contributed by atoms with van der Waals surface area (Å²) in [6, 6.07) is 76.7. The molecule has 0 radical (unpaired) electrons. The molecule has 0 fully saturated rings. The summed E-state index contributed by atoms with van der Waals surface area (Å²) in [6.07, 6.45) is 12.5. The molecule has 0 aliphatic rings. The van der Waals surface area contributed by atoms with Gasteiger partial charge in [0.05, 0.1) is 16.6 Å². The van der Waals surface area contributed by atoms with Gasteiger partial charge in [-0.25, -0.2) is 0 Å². The third kappa shape index (κ3) is 7.77. The number of hydrogen-bond acceptors (Lipinski definition) is 2. The molecule has 0 amide bonds. The molecule has 4 heteroatoms. The van der Waals surface area contributed by atoms with Gasteiger partial charge in [-0.05, 0) is 139 Å². The van der Waals surface area contributed by atoms with E-state index in [4.69, 9.17) is 0 Å². The first kappa shape index (κ1) is 39.5. The van der Waals surface area contributed by atoms with Crippen molar-refractivity contribution < 1.29 is 0 Å². The maximum absolute atomic E-state index is 4.57. The van der Waals surface area contributed by atoms with Gasteiger partial charge < -0.3 is 18.9 Å². The van der Waals surface area contributed by atoms with Gasteiger partial charge in [0.25, 0.3) is 0 Å². The van der Waals surface area contributed by atoms with Crippen LogP contribution in [0.5, 0.6) is 0 Å². The van der Waals surface area contributed by atoms with Gasteiger partial charge in [0.1, 0.15) is 0 Å². The fourth-order valence-corrected chi connectivity index (χ4v) is 8.64. The van der Waals surface area contributed by atoms with Gasteiger partial charge in [-0.1, -0.05) is 134 Å². The summed E-state index contributed by atoms with van der Waals surface area (Å²) in [7, 11) is 0. The number of anilines is 5. The first-order chi connectivity index (χ1) is 31.6. The monoisotopic (exact) mass is 822 g/mol. The molecule has 10 rings (SSSR count). The van der Waals surface area contributed by atoms with Crippen LogP contribution in [-0.4, -0.2) is 9.13 Å². The van der Waals surface area contributed by atoms with Gasteiger partial charge in [-0.15, -0.1) is 0 Å². The summed E-state index contributed by atoms with van der Waals surface area (Å²) in [5.74, 6) is 0. The summed E-state index contributed by atoms with van der Waals surface area (Å²) < 4.78 is 4.59. The predicted molar refractivity (Wildman–Crippen MR) is 274 cm³/mol. The maximum atomic E-state index is 4.57. The molecule has 306 valence electrons. The van der Waals surface area contributed by atoms with Crippen molar-refractivity contribution >= 4 is 79.0 Å². The smallest absolute Gasteiger partial charge is 0.0541 e. The van der Waals surface area contributed by atoms with E-state index < -0.39 is 0 Å². The number of fused-ring (bicyclic) bond motifs is 4. The van der Waals surface area contributed by atoms with Crippen molar-refractivity contribution in [3.63, 3.8) is 0 Å². The van der Waals surface area contributed by atoms with Crippen LogP contribution < -0.4 is 9.80 Å². The second kappa shape index (κ2) is 17.8. The van der Waals surface area contributed by atoms with E-state index >= 15 is 0 Å². The average Bonchev–Trinajstić information content (AvgIpc) is 3.89. The summed E-state index contributed by atoms with van der Waals surface area (Å²) in [5.41, 5.74) is 14.0. The van der Waals surface area contributed by atoms with Crippen molar-refractivity contribution in [2.75, 3.05) is 9.80 Å². The summed E-state index contributed by atoms with van der Waals surface area (Å²) in [5, 5.41) is 3.55. The van der Waals surface area contributed by atoms with Crippen LogP contribution in [0.2, 0.25) is 0 Å². The molecule has 8 aromatic carbocycles. The van der Waals surface area contributed by atoms with Crippen molar-refractivity contribution in [3.05, 3.63) is 273 Å². The van der Waals surface area contributed by atoms with Gasteiger partial charge in [0.15, 0.2) is 0 Å². The lowest BCUT2D eigenvalue weighted by molar-refractivity contribution is 1.17. The first-order valence-electron chi connectivity index (χ1n) is 21.6. The second-order valence-electron chi connectivity index (χ2n) is 15.6. The zero-order valence-electron chi connectivity index (χ0n) is 35.5. The van der Waals surface area contributed by atoms with E-state index in [9.17, 15) is 0 Å². The van der Waals surface area contributed by atoms with E-state index in [0.717, 1.165) is 78.6 Å². The number of nitrogens with zero attached hydrogens (tertiary/aromatic N) is 4. The molecule has 0 bridgehead atoms. The van der Waals surface area contributed by atoms with E-state index in [1.165, 1.54) is 10.8 Å². The maximum Gasteiger partial charge on any atom is 0.0541 e. The molecule has 0 saturated heterocycles. The van der Waals surface area contributed by atoms with Crippen molar-refractivity contribution in [1.82, 2.24) is 9.13 Å². The minimum Gasteiger partial charge on any atom is -0.317 e. The number of hydrogen-bond donors (Lipinski definition) is 0. The van der Waals surface area contributed by atoms with Crippen molar-refractivity contribution in [2.24, 2.45) is 0 Å². The highest BCUT2D eigenvalue weighted by Crippen LogP contribution is 2.38. The number of rotatable bonds is 13. The summed E-state index contributed by atoms with van der Waals surface area (Å²) >= 11 is 0. The van der Waals surface area contributed by atoms with E-state index in [1.807, 2.05) is 18.2 Å². The summed E-state index contributed by atoms with van der Waals surface area (Å²) in [6.45, 7) is 8.77. The van der Waals surface area contributed by atoms with Crippen LogP contribution in [0.4, 0.5) is 28.4 Å². The molecule has 0 aliphatic carbocycles. The molecular weight excluding hydrogens is 777 g/mol. The number of para-hydroxylation sites is 6. The van der Waals surface area contributed by atoms with E-state index in [2.05, 4.69) is 269 Å². The molecule has 64 heavy (non-hydrogen) atoms. The van der Waals surface area contributed by atoms with E-state index in [-0.39, 0.29) is 0 Å². The van der Waals surface area contributed by atoms with Crippen LogP contribution >= 0.6 is 0 Å². The number of benzene rings is 8. The Kier molecular flexibility index (Phi) is 11.0. The molecule has 0 atom stereocenters. The SMILES string of the molecule is C=CC(=CC=Cn1c(C=CC(=C)c2ccc3c(c2)c2ccccc2n3-c2ccc(N(c3ccccc3)c3ccccc3)cc2)cc2ccccc21)N(c1ccccc1)c1ccccc1. The van der Waals surface area contributed by atoms with Crippen LogP contribution in [0.3, 0.4) is 0 Å². The highest BCUT2D eigenvalue weighted by molar-refractivity contribution is 6.10. The van der Waals surface area contributed by atoms with Crippen LogP contribution in [0, 0.1) is 0 Å². The largest absolute Gasteiger partial charge is 0.317 e. The molecule has 4 nitrogen and oxygen atoms in total. The topological polar surface area (TPSA) is 16.3 Å². The van der Waals surface area contributed by atoms with Gasteiger partial charge in [0, 0.05) is 67.9 Å². The Morgan fingerprint density at radius 3 is 1.64 bits per heavy atom. The van der Waals surface area contributed by atoms with Crippen molar-refractivity contribution in [2.45, 2.75) is 0 Å². The molecule has 10 aromatic rings. The Hall–Kier alpha value is -8.60. The highest BCUT2D eigenvalue weighted by atomic mass is 15.1. The Morgan fingerprint density at radius 1 is 0.484 bits per heavy atom.